The monoisotopic (exact) mass is 1040 g/mol. The fourth-order valence-corrected chi connectivity index (χ4v) is 13.1. The second-order valence-electron chi connectivity index (χ2n) is 21.1. The highest BCUT2D eigenvalue weighted by Crippen LogP contribution is 2.47. The van der Waals surface area contributed by atoms with Gasteiger partial charge in [0.25, 0.3) is 23.6 Å². The maximum Gasteiger partial charge on any atom is 0.261 e. The second-order valence-corrected chi connectivity index (χ2v) is 21.1. The summed E-state index contributed by atoms with van der Waals surface area (Å²) < 4.78 is 0. The quantitative estimate of drug-likeness (QED) is 0.0756. The highest BCUT2D eigenvalue weighted by molar-refractivity contribution is 6.41. The van der Waals surface area contributed by atoms with Gasteiger partial charge in [-0.05, 0) is 141 Å². The minimum atomic E-state index is -0.488. The van der Waals surface area contributed by atoms with Crippen LogP contribution < -0.4 is 21.7 Å². The van der Waals surface area contributed by atoms with Crippen molar-refractivity contribution in [3.63, 3.8) is 0 Å². The number of para-hydroxylation sites is 2. The summed E-state index contributed by atoms with van der Waals surface area (Å²) in [7, 11) is 0. The standard InChI is InChI=1S/C66H34N6O8/c73-59-35-5-1-3-7-47(35)67-51-25-45-53(23-43(51)59)69-49-19-9-29(21-41(49)61(45)75)27-71-63(77)37-15-11-31-33-13-17-39-58-40(18-14-34(56(33)58)32-12-16-38(64(71)78)57(37)55(31)32)66(80)72(65(39)79)28-30-10-20-50-42(22-30)62(76)46-26-52-44(24-54(46)70-50)60(74)36-6-2-4-8-48(36)68-52/h1-26H,27-28H2,(H,67,73)(H,68,74)(H,69,75)(H,70,76). The zero-order valence-electron chi connectivity index (χ0n) is 41.6. The van der Waals surface area contributed by atoms with Gasteiger partial charge in [0, 0.05) is 98.2 Å². The predicted octanol–water partition coefficient (Wildman–Crippen LogP) is 11.3. The van der Waals surface area contributed by atoms with E-state index >= 15 is 0 Å². The van der Waals surface area contributed by atoms with Crippen LogP contribution in [0.3, 0.4) is 0 Å². The number of carbonyl (C=O) groups excluding carboxylic acids is 4. The Morgan fingerprint density at radius 3 is 0.875 bits per heavy atom. The molecular weight excluding hydrogens is 1000 g/mol. The maximum atomic E-state index is 14.6. The largest absolute Gasteiger partial charge is 0.354 e. The van der Waals surface area contributed by atoms with Gasteiger partial charge in [0.2, 0.25) is 0 Å². The van der Waals surface area contributed by atoms with Crippen LogP contribution in [-0.4, -0.2) is 53.4 Å². The van der Waals surface area contributed by atoms with E-state index in [4.69, 9.17) is 0 Å². The lowest BCUT2D eigenvalue weighted by atomic mass is 9.82. The molecule has 80 heavy (non-hydrogen) atoms. The van der Waals surface area contributed by atoms with Crippen molar-refractivity contribution in [2.75, 3.05) is 0 Å². The van der Waals surface area contributed by atoms with Crippen LogP contribution in [0.4, 0.5) is 0 Å². The molecule has 15 aromatic rings. The predicted molar refractivity (Wildman–Crippen MR) is 311 cm³/mol. The lowest BCUT2D eigenvalue weighted by molar-refractivity contribution is 0.0583. The molecule has 0 fully saturated rings. The minimum absolute atomic E-state index is 0.102. The highest BCUT2D eigenvalue weighted by Gasteiger charge is 2.37. The van der Waals surface area contributed by atoms with Crippen molar-refractivity contribution in [3.8, 4) is 0 Å². The van der Waals surface area contributed by atoms with Crippen molar-refractivity contribution in [2.45, 2.75) is 13.1 Å². The summed E-state index contributed by atoms with van der Waals surface area (Å²) in [5.74, 6) is -1.95. The number of aromatic amines is 4. The van der Waals surface area contributed by atoms with E-state index in [0.717, 1.165) is 21.5 Å². The number of benzene rings is 11. The van der Waals surface area contributed by atoms with Crippen molar-refractivity contribution in [1.82, 2.24) is 29.7 Å². The summed E-state index contributed by atoms with van der Waals surface area (Å²) in [6.45, 7) is -0.204. The number of imide groups is 2. The Balaban J connectivity index is 0.710. The molecule has 0 radical (unpaired) electrons. The first-order chi connectivity index (χ1) is 38.9. The van der Waals surface area contributed by atoms with Gasteiger partial charge in [-0.25, -0.2) is 0 Å². The fraction of sp³-hybridized carbons (Fsp3) is 0.0303. The van der Waals surface area contributed by atoms with Gasteiger partial charge in [-0.1, -0.05) is 60.7 Å². The summed E-state index contributed by atoms with van der Waals surface area (Å²) >= 11 is 0. The Morgan fingerprint density at radius 1 is 0.250 bits per heavy atom. The molecule has 4 aromatic heterocycles. The van der Waals surface area contributed by atoms with Gasteiger partial charge in [-0.3, -0.25) is 48.2 Å². The third-order valence-electron chi connectivity index (χ3n) is 16.9. The minimum Gasteiger partial charge on any atom is -0.354 e. The zero-order valence-corrected chi connectivity index (χ0v) is 41.6. The molecule has 11 aromatic carbocycles. The normalized spacial score (nSPS) is 13.8. The smallest absolute Gasteiger partial charge is 0.261 e. The number of nitrogens with one attached hydrogen (secondary N) is 4. The molecule has 0 aliphatic carbocycles. The van der Waals surface area contributed by atoms with E-state index in [9.17, 15) is 38.4 Å². The van der Waals surface area contributed by atoms with Crippen LogP contribution in [0.2, 0.25) is 0 Å². The number of amides is 4. The Morgan fingerprint density at radius 2 is 0.537 bits per heavy atom. The van der Waals surface area contributed by atoms with E-state index in [1.54, 1.807) is 109 Å². The summed E-state index contributed by atoms with van der Waals surface area (Å²) in [5.41, 5.74) is 6.16. The second kappa shape index (κ2) is 15.3. The molecular formula is C66H34N6O8. The van der Waals surface area contributed by atoms with Gasteiger partial charge >= 0.3 is 0 Å². The average molecular weight is 1040 g/mol. The summed E-state index contributed by atoms with van der Waals surface area (Å²) in [6.07, 6.45) is 0. The average Bonchev–Trinajstić information content (AvgIpc) is 3.63. The van der Waals surface area contributed by atoms with Gasteiger partial charge in [0.05, 0.1) is 35.2 Å². The Hall–Kier alpha value is -11.1. The first-order valence-electron chi connectivity index (χ1n) is 25.9. The molecule has 4 amide bonds. The molecule has 0 saturated carbocycles. The van der Waals surface area contributed by atoms with E-state index in [2.05, 4.69) is 19.9 Å². The van der Waals surface area contributed by atoms with Crippen molar-refractivity contribution in [3.05, 3.63) is 232 Å². The van der Waals surface area contributed by atoms with Crippen LogP contribution in [0.25, 0.3) is 130 Å². The SMILES string of the molecule is O=C1c2ccc3c4ccc5c6c(ccc(c7ccc(c2c37)C(=O)N1Cc1ccc2[nH]c3cc7c(=O)c8ccccc8[nH]c7cc3c(=O)c2c1)c64)C(=O)N(Cc1ccc2[nH]c3cc4c(=O)c6ccccc6[nH]c4cc3c(=O)c2c1)C5=O. The third-order valence-corrected chi connectivity index (χ3v) is 16.9. The Bertz CT molecular complexity index is 5350. The van der Waals surface area contributed by atoms with Crippen molar-refractivity contribution >= 4 is 154 Å². The molecule has 0 atom stereocenters. The van der Waals surface area contributed by atoms with Crippen molar-refractivity contribution < 1.29 is 19.2 Å². The molecule has 0 bridgehead atoms. The third kappa shape index (κ3) is 5.74. The molecule has 0 unspecified atom stereocenters. The van der Waals surface area contributed by atoms with Gasteiger partial charge in [-0.2, -0.15) is 0 Å². The van der Waals surface area contributed by atoms with E-state index in [0.29, 0.717) is 142 Å². The number of fused-ring (bicyclic) bond motifs is 10. The number of rotatable bonds is 4. The van der Waals surface area contributed by atoms with Gasteiger partial charge in [0.15, 0.2) is 21.7 Å². The molecule has 17 rings (SSSR count). The molecule has 14 heteroatoms. The molecule has 2 aliphatic heterocycles. The van der Waals surface area contributed by atoms with Gasteiger partial charge in [0.1, 0.15) is 0 Å². The Kier molecular flexibility index (Phi) is 8.42. The Labute approximate surface area is 446 Å². The van der Waals surface area contributed by atoms with Crippen molar-refractivity contribution in [1.29, 1.82) is 0 Å². The maximum absolute atomic E-state index is 14.6. The van der Waals surface area contributed by atoms with E-state index in [1.165, 1.54) is 9.80 Å². The number of hydrogen-bond acceptors (Lipinski definition) is 8. The van der Waals surface area contributed by atoms with Crippen LogP contribution in [0.1, 0.15) is 52.6 Å². The number of carbonyl (C=O) groups is 4. The molecule has 2 aliphatic rings. The molecule has 14 nitrogen and oxygen atoms in total. The van der Waals surface area contributed by atoms with E-state index in [1.807, 2.05) is 48.5 Å². The molecule has 376 valence electrons. The first kappa shape index (κ1) is 44.1. The van der Waals surface area contributed by atoms with Crippen LogP contribution in [-0.2, 0) is 13.1 Å². The number of nitrogens with zero attached hydrogens (tertiary/aromatic N) is 2. The number of aromatic nitrogens is 4. The van der Waals surface area contributed by atoms with Crippen LogP contribution >= 0.6 is 0 Å². The molecule has 0 saturated heterocycles. The van der Waals surface area contributed by atoms with Gasteiger partial charge in [-0.15, -0.1) is 0 Å². The highest BCUT2D eigenvalue weighted by atomic mass is 16.2. The fourth-order valence-electron chi connectivity index (χ4n) is 13.1. The molecule has 0 spiro atoms. The van der Waals surface area contributed by atoms with E-state index in [-0.39, 0.29) is 34.8 Å². The van der Waals surface area contributed by atoms with Crippen LogP contribution in [0, 0.1) is 0 Å². The summed E-state index contributed by atoms with van der Waals surface area (Å²) in [6, 6.07) is 46.0. The van der Waals surface area contributed by atoms with Crippen molar-refractivity contribution in [2.24, 2.45) is 0 Å². The zero-order chi connectivity index (χ0) is 53.7. The number of pyridine rings is 4. The number of H-pyrrole nitrogens is 4. The number of hydrogen-bond donors (Lipinski definition) is 4. The van der Waals surface area contributed by atoms with Crippen LogP contribution in [0.15, 0.2) is 177 Å². The summed E-state index contributed by atoms with van der Waals surface area (Å²) in [4.78, 5) is 129. The molecule has 4 N–H and O–H groups in total. The topological polar surface area (TPSA) is 206 Å². The lowest BCUT2D eigenvalue weighted by Gasteiger charge is -2.30. The lowest BCUT2D eigenvalue weighted by Crippen LogP contribution is -2.40. The van der Waals surface area contributed by atoms with Gasteiger partial charge < -0.3 is 19.9 Å². The summed E-state index contributed by atoms with van der Waals surface area (Å²) in [5, 5.41) is 8.96. The van der Waals surface area contributed by atoms with E-state index < -0.39 is 23.6 Å². The first-order valence-corrected chi connectivity index (χ1v) is 25.9. The van der Waals surface area contributed by atoms with Crippen LogP contribution in [0.5, 0.6) is 0 Å². The molecule has 6 heterocycles.